The van der Waals surface area contributed by atoms with E-state index in [1.165, 1.54) is 6.40 Å². The molecule has 5 heteroatoms. The third-order valence-electron chi connectivity index (χ3n) is 5.43. The Morgan fingerprint density at radius 3 is 2.61 bits per heavy atom. The van der Waals surface area contributed by atoms with Gasteiger partial charge in [0.25, 0.3) is 0 Å². The van der Waals surface area contributed by atoms with Gasteiger partial charge in [-0.3, -0.25) is 0 Å². The number of hydrogen-bond donors (Lipinski definition) is 2. The predicted molar refractivity (Wildman–Crippen MR) is 89.7 cm³/mol. The molecule has 4 aliphatic heterocycles. The molecule has 4 aliphatic rings. The Morgan fingerprint density at radius 1 is 1.30 bits per heavy atom. The molecule has 5 nitrogen and oxygen atoms in total. The standard InChI is InChI=1S/C18H23N3O2/c1-17(19-13-23-20-17)15-4-2-14(3-5-15)6-9-18(22)12-21-10-7-16(18)8-11-21/h2-6,9,13,16,20,22H,7-8,10-12H2,1H3. The molecule has 0 aliphatic carbocycles. The Balaban J connectivity index is 1.50. The van der Waals surface area contributed by atoms with Crippen LogP contribution < -0.4 is 5.48 Å². The van der Waals surface area contributed by atoms with Crippen molar-refractivity contribution in [1.82, 2.24) is 10.4 Å². The summed E-state index contributed by atoms with van der Waals surface area (Å²) >= 11 is 0. The van der Waals surface area contributed by atoms with E-state index in [9.17, 15) is 5.11 Å². The largest absolute Gasteiger partial charge is 0.394 e. The minimum absolute atomic E-state index is 0.399. The lowest BCUT2D eigenvalue weighted by atomic mass is 9.75. The molecule has 4 heterocycles. The van der Waals surface area contributed by atoms with E-state index in [0.29, 0.717) is 5.92 Å². The smallest absolute Gasteiger partial charge is 0.198 e. The predicted octanol–water partition coefficient (Wildman–Crippen LogP) is 1.89. The minimum Gasteiger partial charge on any atom is -0.394 e. The lowest BCUT2D eigenvalue weighted by molar-refractivity contribution is -0.0775. The van der Waals surface area contributed by atoms with Crippen LogP contribution >= 0.6 is 0 Å². The molecule has 2 bridgehead atoms. The van der Waals surface area contributed by atoms with E-state index in [0.717, 1.165) is 43.6 Å². The van der Waals surface area contributed by atoms with Crippen LogP contribution in [0.25, 0.3) is 6.08 Å². The average molecular weight is 313 g/mol. The number of aliphatic imine (C=N–C) groups is 1. The number of piperidine rings is 3. The molecule has 1 aromatic rings. The van der Waals surface area contributed by atoms with Crippen LogP contribution in [0, 0.1) is 5.92 Å². The fourth-order valence-electron chi connectivity index (χ4n) is 3.86. The van der Waals surface area contributed by atoms with E-state index in [1.807, 2.05) is 31.2 Å². The molecular formula is C18H23N3O2. The Kier molecular flexibility index (Phi) is 3.52. The second-order valence-corrected chi connectivity index (χ2v) is 7.02. The van der Waals surface area contributed by atoms with Crippen LogP contribution in [0.1, 0.15) is 30.9 Å². The first kappa shape index (κ1) is 14.9. The third kappa shape index (κ3) is 2.69. The fraction of sp³-hybridized carbons (Fsp3) is 0.500. The summed E-state index contributed by atoms with van der Waals surface area (Å²) in [6.45, 7) is 4.99. The average Bonchev–Trinajstić information content (AvgIpc) is 3.02. The van der Waals surface area contributed by atoms with Crippen LogP contribution in [-0.4, -0.2) is 41.6 Å². The second-order valence-electron chi connectivity index (χ2n) is 7.02. The van der Waals surface area contributed by atoms with Gasteiger partial charge in [-0.15, -0.1) is 5.48 Å². The zero-order valence-electron chi connectivity index (χ0n) is 13.4. The Bertz CT molecular complexity index is 634. The molecule has 0 amide bonds. The topological polar surface area (TPSA) is 57.1 Å². The van der Waals surface area contributed by atoms with E-state index in [-0.39, 0.29) is 0 Å². The maximum atomic E-state index is 10.9. The molecule has 0 radical (unpaired) electrons. The zero-order chi connectivity index (χ0) is 15.9. The molecule has 2 N–H and O–H groups in total. The molecule has 1 aromatic carbocycles. The number of aliphatic hydroxyl groups is 1. The molecule has 122 valence electrons. The van der Waals surface area contributed by atoms with E-state index in [2.05, 4.69) is 27.5 Å². The van der Waals surface area contributed by atoms with Gasteiger partial charge in [-0.1, -0.05) is 36.4 Å². The van der Waals surface area contributed by atoms with Crippen molar-refractivity contribution in [3.8, 4) is 0 Å². The quantitative estimate of drug-likeness (QED) is 0.895. The monoisotopic (exact) mass is 313 g/mol. The van der Waals surface area contributed by atoms with Crippen LogP contribution in [0.15, 0.2) is 35.3 Å². The number of benzene rings is 1. The summed E-state index contributed by atoms with van der Waals surface area (Å²) in [5.41, 5.74) is 3.83. The van der Waals surface area contributed by atoms with Gasteiger partial charge in [-0.2, -0.15) is 0 Å². The van der Waals surface area contributed by atoms with Crippen LogP contribution in [0.2, 0.25) is 0 Å². The Hall–Kier alpha value is -1.69. The summed E-state index contributed by atoms with van der Waals surface area (Å²) in [6, 6.07) is 8.19. The number of rotatable bonds is 3. The van der Waals surface area contributed by atoms with Gasteiger partial charge in [0.15, 0.2) is 12.1 Å². The zero-order valence-corrected chi connectivity index (χ0v) is 13.4. The van der Waals surface area contributed by atoms with Crippen LogP contribution in [0.4, 0.5) is 0 Å². The number of nitrogens with one attached hydrogen (secondary N) is 1. The molecule has 0 aromatic heterocycles. The van der Waals surface area contributed by atoms with E-state index < -0.39 is 11.3 Å². The maximum Gasteiger partial charge on any atom is 0.198 e. The van der Waals surface area contributed by atoms with Gasteiger partial charge in [-0.25, -0.2) is 4.99 Å². The van der Waals surface area contributed by atoms with Gasteiger partial charge in [0, 0.05) is 6.54 Å². The van der Waals surface area contributed by atoms with Crippen LogP contribution in [0.5, 0.6) is 0 Å². The highest BCUT2D eigenvalue weighted by Gasteiger charge is 2.43. The highest BCUT2D eigenvalue weighted by Crippen LogP contribution is 2.37. The molecule has 2 atom stereocenters. The Labute approximate surface area is 136 Å². The van der Waals surface area contributed by atoms with Gasteiger partial charge < -0.3 is 14.8 Å². The molecule has 23 heavy (non-hydrogen) atoms. The van der Waals surface area contributed by atoms with Crippen molar-refractivity contribution >= 4 is 12.5 Å². The van der Waals surface area contributed by atoms with Crippen molar-refractivity contribution in [2.24, 2.45) is 10.9 Å². The lowest BCUT2D eigenvalue weighted by Gasteiger charge is -2.49. The molecule has 0 spiro atoms. The van der Waals surface area contributed by atoms with Gasteiger partial charge in [0.05, 0.1) is 5.60 Å². The van der Waals surface area contributed by atoms with Gasteiger partial charge in [0.1, 0.15) is 0 Å². The molecular weight excluding hydrogens is 290 g/mol. The molecule has 0 saturated carbocycles. The third-order valence-corrected chi connectivity index (χ3v) is 5.43. The summed E-state index contributed by atoms with van der Waals surface area (Å²) < 4.78 is 0. The molecule has 3 fully saturated rings. The number of hydrogen-bond acceptors (Lipinski definition) is 5. The normalized spacial score (nSPS) is 39.0. The van der Waals surface area contributed by atoms with Gasteiger partial charge in [0.2, 0.25) is 0 Å². The first-order chi connectivity index (χ1) is 11.1. The Morgan fingerprint density at radius 2 is 2.04 bits per heavy atom. The molecule has 3 saturated heterocycles. The van der Waals surface area contributed by atoms with Crippen molar-refractivity contribution in [1.29, 1.82) is 0 Å². The summed E-state index contributed by atoms with van der Waals surface area (Å²) in [7, 11) is 0. The highest BCUT2D eigenvalue weighted by molar-refractivity contribution is 5.54. The van der Waals surface area contributed by atoms with Crippen molar-refractivity contribution in [2.45, 2.75) is 31.0 Å². The van der Waals surface area contributed by atoms with Crippen LogP contribution in [0.3, 0.4) is 0 Å². The van der Waals surface area contributed by atoms with E-state index in [1.54, 1.807) is 0 Å². The number of nitrogens with zero attached hydrogens (tertiary/aromatic N) is 2. The highest BCUT2D eigenvalue weighted by atomic mass is 16.7. The number of hydroxylamine groups is 1. The summed E-state index contributed by atoms with van der Waals surface area (Å²) in [5, 5.41) is 10.9. The summed E-state index contributed by atoms with van der Waals surface area (Å²) in [4.78, 5) is 11.7. The van der Waals surface area contributed by atoms with E-state index >= 15 is 0 Å². The maximum absolute atomic E-state index is 10.9. The summed E-state index contributed by atoms with van der Waals surface area (Å²) in [5.74, 6) is 0.399. The second kappa shape index (κ2) is 5.44. The minimum atomic E-state index is -0.674. The van der Waals surface area contributed by atoms with E-state index in [4.69, 9.17) is 4.84 Å². The first-order valence-corrected chi connectivity index (χ1v) is 8.28. The summed E-state index contributed by atoms with van der Waals surface area (Å²) in [6.07, 6.45) is 7.66. The van der Waals surface area contributed by atoms with Crippen molar-refractivity contribution in [2.75, 3.05) is 19.6 Å². The van der Waals surface area contributed by atoms with Crippen molar-refractivity contribution in [3.63, 3.8) is 0 Å². The van der Waals surface area contributed by atoms with Crippen LogP contribution in [-0.2, 0) is 10.5 Å². The molecule has 2 unspecified atom stereocenters. The van der Waals surface area contributed by atoms with Gasteiger partial charge in [-0.05, 0) is 49.9 Å². The van der Waals surface area contributed by atoms with Crippen molar-refractivity contribution in [3.05, 3.63) is 41.5 Å². The SMILES string of the molecule is CC1(c2ccc(C=CC3(O)CN4CCC3CC4)cc2)N=CON1. The fourth-order valence-corrected chi connectivity index (χ4v) is 3.86. The lowest BCUT2D eigenvalue weighted by Crippen LogP contribution is -2.58. The molecule has 5 rings (SSSR count). The van der Waals surface area contributed by atoms with Gasteiger partial charge >= 0.3 is 0 Å². The number of fused-ring (bicyclic) bond motifs is 3. The first-order valence-electron chi connectivity index (χ1n) is 8.28. The van der Waals surface area contributed by atoms with Crippen molar-refractivity contribution < 1.29 is 9.94 Å².